The van der Waals surface area contributed by atoms with Gasteiger partial charge in [-0.2, -0.15) is 11.8 Å². The van der Waals surface area contributed by atoms with Crippen LogP contribution in [0.5, 0.6) is 0 Å². The predicted molar refractivity (Wildman–Crippen MR) is 68.5 cm³/mol. The Kier molecular flexibility index (Phi) is 7.25. The minimum atomic E-state index is -0.403. The molecule has 0 aliphatic rings. The van der Waals surface area contributed by atoms with Crippen molar-refractivity contribution in [3.8, 4) is 0 Å². The SMILES string of the molecule is NCCSCC(O)COCc1ccccc1. The van der Waals surface area contributed by atoms with E-state index in [0.29, 0.717) is 25.5 Å². The summed E-state index contributed by atoms with van der Waals surface area (Å²) in [5, 5.41) is 9.57. The third kappa shape index (κ3) is 6.12. The molecule has 0 radical (unpaired) electrons. The van der Waals surface area contributed by atoms with Gasteiger partial charge in [0.2, 0.25) is 0 Å². The van der Waals surface area contributed by atoms with E-state index in [-0.39, 0.29) is 0 Å². The highest BCUT2D eigenvalue weighted by Gasteiger charge is 2.03. The van der Waals surface area contributed by atoms with E-state index >= 15 is 0 Å². The first kappa shape index (κ1) is 13.5. The van der Waals surface area contributed by atoms with E-state index in [1.165, 1.54) is 0 Å². The molecule has 3 N–H and O–H groups in total. The highest BCUT2D eigenvalue weighted by molar-refractivity contribution is 7.99. The van der Waals surface area contributed by atoms with Crippen LogP contribution in [-0.4, -0.2) is 35.9 Å². The van der Waals surface area contributed by atoms with Crippen molar-refractivity contribution >= 4 is 11.8 Å². The summed E-state index contributed by atoms with van der Waals surface area (Å²) >= 11 is 1.65. The van der Waals surface area contributed by atoms with Crippen LogP contribution in [0.15, 0.2) is 30.3 Å². The molecular formula is C12H19NO2S. The van der Waals surface area contributed by atoms with Gasteiger partial charge in [0.15, 0.2) is 0 Å². The number of ether oxygens (including phenoxy) is 1. The summed E-state index contributed by atoms with van der Waals surface area (Å²) in [7, 11) is 0. The Hall–Kier alpha value is -0.550. The molecule has 0 saturated heterocycles. The molecular weight excluding hydrogens is 222 g/mol. The van der Waals surface area contributed by atoms with E-state index in [4.69, 9.17) is 10.5 Å². The average molecular weight is 241 g/mol. The van der Waals surface area contributed by atoms with Crippen molar-refractivity contribution in [3.63, 3.8) is 0 Å². The summed E-state index contributed by atoms with van der Waals surface area (Å²) in [6, 6.07) is 9.95. The van der Waals surface area contributed by atoms with Gasteiger partial charge in [-0.25, -0.2) is 0 Å². The van der Waals surface area contributed by atoms with Gasteiger partial charge >= 0.3 is 0 Å². The molecule has 1 unspecified atom stereocenters. The molecule has 16 heavy (non-hydrogen) atoms. The number of thioether (sulfide) groups is 1. The molecule has 0 aromatic heterocycles. The van der Waals surface area contributed by atoms with E-state index in [1.54, 1.807) is 11.8 Å². The number of benzene rings is 1. The van der Waals surface area contributed by atoms with Crippen LogP contribution >= 0.6 is 11.8 Å². The summed E-state index contributed by atoms with van der Waals surface area (Å²) in [5.41, 5.74) is 6.49. The molecule has 0 saturated carbocycles. The van der Waals surface area contributed by atoms with E-state index in [1.807, 2.05) is 30.3 Å². The molecule has 1 atom stereocenters. The summed E-state index contributed by atoms with van der Waals surface area (Å²) in [4.78, 5) is 0. The summed E-state index contributed by atoms with van der Waals surface area (Å²) in [6.07, 6.45) is -0.403. The van der Waals surface area contributed by atoms with Crippen molar-refractivity contribution in [2.24, 2.45) is 5.73 Å². The molecule has 90 valence electrons. The fourth-order valence-corrected chi connectivity index (χ4v) is 1.94. The Bertz CT molecular complexity index is 269. The molecule has 0 spiro atoms. The standard InChI is InChI=1S/C12H19NO2S/c13-6-7-16-10-12(14)9-15-8-11-4-2-1-3-5-11/h1-5,12,14H,6-10,13H2. The molecule has 0 heterocycles. The van der Waals surface area contributed by atoms with Crippen molar-refractivity contribution in [1.29, 1.82) is 0 Å². The van der Waals surface area contributed by atoms with Crippen LogP contribution in [0.25, 0.3) is 0 Å². The number of aliphatic hydroxyl groups excluding tert-OH is 1. The third-order valence-electron chi connectivity index (χ3n) is 1.99. The van der Waals surface area contributed by atoms with Crippen LogP contribution in [-0.2, 0) is 11.3 Å². The first-order valence-electron chi connectivity index (χ1n) is 5.40. The van der Waals surface area contributed by atoms with Crippen molar-refractivity contribution < 1.29 is 9.84 Å². The van der Waals surface area contributed by atoms with Gasteiger partial charge in [-0.3, -0.25) is 0 Å². The third-order valence-corrected chi connectivity index (χ3v) is 3.14. The molecule has 0 amide bonds. The zero-order valence-corrected chi connectivity index (χ0v) is 10.2. The smallest absolute Gasteiger partial charge is 0.0863 e. The maximum atomic E-state index is 9.57. The Morgan fingerprint density at radius 2 is 2.06 bits per heavy atom. The molecule has 0 bridgehead atoms. The summed E-state index contributed by atoms with van der Waals surface area (Å²) in [5.74, 6) is 1.57. The lowest BCUT2D eigenvalue weighted by molar-refractivity contribution is 0.0398. The second-order valence-electron chi connectivity index (χ2n) is 3.52. The van der Waals surface area contributed by atoms with Crippen LogP contribution < -0.4 is 5.73 Å². The van der Waals surface area contributed by atoms with Gasteiger partial charge in [0, 0.05) is 18.1 Å². The van der Waals surface area contributed by atoms with E-state index in [0.717, 1.165) is 11.3 Å². The number of aliphatic hydroxyl groups is 1. The molecule has 1 aromatic rings. The Balaban J connectivity index is 2.06. The lowest BCUT2D eigenvalue weighted by Gasteiger charge is -2.10. The van der Waals surface area contributed by atoms with Gasteiger partial charge in [-0.05, 0) is 5.56 Å². The molecule has 0 aliphatic carbocycles. The van der Waals surface area contributed by atoms with Crippen molar-refractivity contribution in [2.45, 2.75) is 12.7 Å². The van der Waals surface area contributed by atoms with Crippen LogP contribution in [0.2, 0.25) is 0 Å². The monoisotopic (exact) mass is 241 g/mol. The number of hydrogen-bond donors (Lipinski definition) is 2. The van der Waals surface area contributed by atoms with E-state index in [2.05, 4.69) is 0 Å². The van der Waals surface area contributed by atoms with Gasteiger partial charge in [0.25, 0.3) is 0 Å². The Labute approximate surface area is 101 Å². The lowest BCUT2D eigenvalue weighted by Crippen LogP contribution is -2.18. The van der Waals surface area contributed by atoms with Gasteiger partial charge in [0.05, 0.1) is 19.3 Å². The second kappa shape index (κ2) is 8.58. The number of nitrogens with two attached hydrogens (primary N) is 1. The summed E-state index contributed by atoms with van der Waals surface area (Å²) in [6.45, 7) is 1.59. The maximum absolute atomic E-state index is 9.57. The number of rotatable bonds is 8. The van der Waals surface area contributed by atoms with Crippen molar-refractivity contribution in [1.82, 2.24) is 0 Å². The number of hydrogen-bond acceptors (Lipinski definition) is 4. The zero-order chi connectivity index (χ0) is 11.6. The molecule has 0 fully saturated rings. The Morgan fingerprint density at radius 1 is 1.31 bits per heavy atom. The highest BCUT2D eigenvalue weighted by Crippen LogP contribution is 2.04. The topological polar surface area (TPSA) is 55.5 Å². The maximum Gasteiger partial charge on any atom is 0.0863 e. The van der Waals surface area contributed by atoms with Gasteiger partial charge in [-0.1, -0.05) is 30.3 Å². The lowest BCUT2D eigenvalue weighted by atomic mass is 10.2. The minimum absolute atomic E-state index is 0.381. The van der Waals surface area contributed by atoms with E-state index in [9.17, 15) is 5.11 Å². The van der Waals surface area contributed by atoms with Crippen molar-refractivity contribution in [3.05, 3.63) is 35.9 Å². The van der Waals surface area contributed by atoms with Crippen LogP contribution in [0.1, 0.15) is 5.56 Å². The fourth-order valence-electron chi connectivity index (χ4n) is 1.24. The Morgan fingerprint density at radius 3 is 2.75 bits per heavy atom. The summed E-state index contributed by atoms with van der Waals surface area (Å²) < 4.78 is 5.42. The second-order valence-corrected chi connectivity index (χ2v) is 4.67. The fraction of sp³-hybridized carbons (Fsp3) is 0.500. The van der Waals surface area contributed by atoms with Crippen LogP contribution in [0, 0.1) is 0 Å². The quantitative estimate of drug-likeness (QED) is 0.673. The molecule has 0 aliphatic heterocycles. The van der Waals surface area contributed by atoms with Gasteiger partial charge in [-0.15, -0.1) is 0 Å². The van der Waals surface area contributed by atoms with Crippen LogP contribution in [0.4, 0.5) is 0 Å². The van der Waals surface area contributed by atoms with Crippen LogP contribution in [0.3, 0.4) is 0 Å². The minimum Gasteiger partial charge on any atom is -0.390 e. The highest BCUT2D eigenvalue weighted by atomic mass is 32.2. The molecule has 1 rings (SSSR count). The zero-order valence-electron chi connectivity index (χ0n) is 9.34. The average Bonchev–Trinajstić information content (AvgIpc) is 2.31. The van der Waals surface area contributed by atoms with Gasteiger partial charge in [0.1, 0.15) is 0 Å². The first-order chi connectivity index (χ1) is 7.83. The van der Waals surface area contributed by atoms with E-state index < -0.39 is 6.10 Å². The largest absolute Gasteiger partial charge is 0.390 e. The molecule has 4 heteroatoms. The first-order valence-corrected chi connectivity index (χ1v) is 6.56. The van der Waals surface area contributed by atoms with Gasteiger partial charge < -0.3 is 15.6 Å². The van der Waals surface area contributed by atoms with Crippen molar-refractivity contribution in [2.75, 3.05) is 24.7 Å². The normalized spacial score (nSPS) is 12.6. The molecule has 3 nitrogen and oxygen atoms in total. The molecule has 1 aromatic carbocycles. The predicted octanol–water partition coefficient (Wildman–Crippen LogP) is 1.26.